The third-order valence-electron chi connectivity index (χ3n) is 4.31. The van der Waals surface area contributed by atoms with Crippen molar-refractivity contribution in [3.63, 3.8) is 0 Å². The number of para-hydroxylation sites is 1. The molecule has 1 aromatic carbocycles. The van der Waals surface area contributed by atoms with Gasteiger partial charge >= 0.3 is 6.09 Å². The number of hydrogen-bond donors (Lipinski definition) is 0. The molecular formula is C19H25N3O2. The summed E-state index contributed by atoms with van der Waals surface area (Å²) >= 11 is 0. The van der Waals surface area contributed by atoms with E-state index in [1.54, 1.807) is 4.90 Å². The monoisotopic (exact) mass is 327 g/mol. The maximum atomic E-state index is 12.2. The molecule has 0 saturated carbocycles. The van der Waals surface area contributed by atoms with Crippen LogP contribution in [0.3, 0.4) is 0 Å². The van der Waals surface area contributed by atoms with Crippen molar-refractivity contribution in [2.45, 2.75) is 38.8 Å². The molecule has 1 fully saturated rings. The Hall–Kier alpha value is -2.30. The Morgan fingerprint density at radius 1 is 1.25 bits per heavy atom. The van der Waals surface area contributed by atoms with E-state index >= 15 is 0 Å². The van der Waals surface area contributed by atoms with Crippen molar-refractivity contribution in [1.29, 1.82) is 0 Å². The molecule has 1 aliphatic rings. The molecule has 0 unspecified atom stereocenters. The molecule has 2 heterocycles. The Kier molecular flexibility index (Phi) is 4.35. The van der Waals surface area contributed by atoms with Crippen LogP contribution in [0.2, 0.25) is 0 Å². The van der Waals surface area contributed by atoms with Crippen molar-refractivity contribution in [2.75, 3.05) is 25.0 Å². The van der Waals surface area contributed by atoms with Gasteiger partial charge in [0, 0.05) is 31.6 Å². The summed E-state index contributed by atoms with van der Waals surface area (Å²) < 4.78 is 5.47. The van der Waals surface area contributed by atoms with Crippen molar-refractivity contribution in [1.82, 2.24) is 9.88 Å². The third-order valence-corrected chi connectivity index (χ3v) is 4.31. The molecule has 0 spiro atoms. The number of rotatable bonds is 2. The quantitative estimate of drug-likeness (QED) is 0.844. The van der Waals surface area contributed by atoms with E-state index in [9.17, 15) is 4.79 Å². The molecule has 1 saturated heterocycles. The predicted octanol–water partition coefficient (Wildman–Crippen LogP) is 3.68. The molecule has 0 N–H and O–H groups in total. The molecule has 2 aromatic rings. The molecule has 5 nitrogen and oxygen atoms in total. The van der Waals surface area contributed by atoms with Crippen LogP contribution in [0, 0.1) is 0 Å². The zero-order chi connectivity index (χ0) is 17.3. The van der Waals surface area contributed by atoms with E-state index in [0.717, 1.165) is 29.7 Å². The Bertz CT molecular complexity index is 739. The molecule has 24 heavy (non-hydrogen) atoms. The molecular weight excluding hydrogens is 302 g/mol. The summed E-state index contributed by atoms with van der Waals surface area (Å²) in [5.41, 5.74) is 0.532. The van der Waals surface area contributed by atoms with Crippen LogP contribution in [0.4, 0.5) is 10.6 Å². The van der Waals surface area contributed by atoms with Gasteiger partial charge in [-0.3, -0.25) is 0 Å². The number of likely N-dealkylation sites (N-methyl/N-ethyl adjacent to an activating group) is 1. The number of ether oxygens (including phenoxy) is 1. The third kappa shape index (κ3) is 3.61. The fourth-order valence-corrected chi connectivity index (χ4v) is 2.99. The molecule has 0 aliphatic carbocycles. The van der Waals surface area contributed by atoms with Gasteiger partial charge in [-0.1, -0.05) is 18.2 Å². The first-order valence-corrected chi connectivity index (χ1v) is 8.40. The number of carbonyl (C=O) groups excluding carboxylic acids is 1. The topological polar surface area (TPSA) is 45.7 Å². The van der Waals surface area contributed by atoms with Crippen LogP contribution < -0.4 is 4.90 Å². The van der Waals surface area contributed by atoms with Crippen molar-refractivity contribution in [3.05, 3.63) is 36.4 Å². The summed E-state index contributed by atoms with van der Waals surface area (Å²) in [4.78, 5) is 20.9. The van der Waals surface area contributed by atoms with Crippen LogP contribution in [0.25, 0.3) is 10.9 Å². The van der Waals surface area contributed by atoms with Crippen LogP contribution in [-0.4, -0.2) is 47.8 Å². The van der Waals surface area contributed by atoms with E-state index in [4.69, 9.17) is 9.72 Å². The lowest BCUT2D eigenvalue weighted by Crippen LogP contribution is -2.39. The van der Waals surface area contributed by atoms with Gasteiger partial charge in [0.15, 0.2) is 0 Å². The lowest BCUT2D eigenvalue weighted by atomic mass is 10.2. The van der Waals surface area contributed by atoms with Crippen LogP contribution in [0.1, 0.15) is 27.2 Å². The molecule has 3 rings (SSSR count). The van der Waals surface area contributed by atoms with Gasteiger partial charge in [0.05, 0.1) is 5.52 Å². The highest BCUT2D eigenvalue weighted by Gasteiger charge is 2.32. The number of aromatic nitrogens is 1. The van der Waals surface area contributed by atoms with Crippen LogP contribution in [0.5, 0.6) is 0 Å². The fraction of sp³-hybridized carbons (Fsp3) is 0.474. The van der Waals surface area contributed by atoms with Crippen LogP contribution in [0.15, 0.2) is 36.4 Å². The summed E-state index contributed by atoms with van der Waals surface area (Å²) in [7, 11) is 2.04. The fourth-order valence-electron chi connectivity index (χ4n) is 2.99. The Morgan fingerprint density at radius 2 is 2.00 bits per heavy atom. The number of amides is 1. The van der Waals surface area contributed by atoms with Crippen LogP contribution >= 0.6 is 0 Å². The minimum atomic E-state index is -0.457. The molecule has 0 radical (unpaired) electrons. The SMILES string of the molecule is CN(c1ccc2ccccc2n1)[C@@H]1CCN(C(=O)OC(C)(C)C)C1. The van der Waals surface area contributed by atoms with Gasteiger partial charge in [-0.25, -0.2) is 9.78 Å². The molecule has 1 amide bonds. The number of nitrogens with zero attached hydrogens (tertiary/aromatic N) is 3. The second kappa shape index (κ2) is 6.30. The molecule has 1 atom stereocenters. The van der Waals surface area contributed by atoms with Crippen molar-refractivity contribution in [2.24, 2.45) is 0 Å². The normalized spacial score (nSPS) is 18.0. The van der Waals surface area contributed by atoms with Crippen molar-refractivity contribution in [3.8, 4) is 0 Å². The number of carbonyl (C=O) groups is 1. The number of fused-ring (bicyclic) bond motifs is 1. The second-order valence-corrected chi connectivity index (χ2v) is 7.34. The standard InChI is InChI=1S/C19H25N3O2/c1-19(2,3)24-18(23)22-12-11-15(13-22)21(4)17-10-9-14-7-5-6-8-16(14)20-17/h5-10,15H,11-13H2,1-4H3/t15-/m1/s1. The maximum Gasteiger partial charge on any atom is 0.410 e. The maximum absolute atomic E-state index is 12.2. The Balaban J connectivity index is 1.69. The van der Waals surface area contributed by atoms with Gasteiger partial charge in [-0.2, -0.15) is 0 Å². The number of pyridine rings is 1. The molecule has 5 heteroatoms. The smallest absolute Gasteiger partial charge is 0.410 e. The van der Waals surface area contributed by atoms with Crippen molar-refractivity contribution < 1.29 is 9.53 Å². The van der Waals surface area contributed by atoms with Gasteiger partial charge < -0.3 is 14.5 Å². The molecule has 1 aromatic heterocycles. The number of benzene rings is 1. The average Bonchev–Trinajstić information content (AvgIpc) is 3.02. The van der Waals surface area contributed by atoms with Crippen LogP contribution in [-0.2, 0) is 4.74 Å². The lowest BCUT2D eigenvalue weighted by molar-refractivity contribution is 0.0292. The first-order chi connectivity index (χ1) is 11.3. The summed E-state index contributed by atoms with van der Waals surface area (Å²) in [6.45, 7) is 7.06. The van der Waals surface area contributed by atoms with Gasteiger partial charge in [0.1, 0.15) is 11.4 Å². The van der Waals surface area contributed by atoms with Crippen molar-refractivity contribution >= 4 is 22.8 Å². The highest BCUT2D eigenvalue weighted by Crippen LogP contribution is 2.23. The zero-order valence-electron chi connectivity index (χ0n) is 14.8. The van der Waals surface area contributed by atoms with E-state index in [1.807, 2.05) is 52.1 Å². The molecule has 0 bridgehead atoms. The number of likely N-dealkylation sites (tertiary alicyclic amines) is 1. The second-order valence-electron chi connectivity index (χ2n) is 7.34. The molecule has 1 aliphatic heterocycles. The zero-order valence-corrected chi connectivity index (χ0v) is 14.8. The summed E-state index contributed by atoms with van der Waals surface area (Å²) in [5, 5.41) is 1.14. The number of hydrogen-bond acceptors (Lipinski definition) is 4. The van der Waals surface area contributed by atoms with E-state index in [1.165, 1.54) is 0 Å². The highest BCUT2D eigenvalue weighted by atomic mass is 16.6. The van der Waals surface area contributed by atoms with E-state index in [2.05, 4.69) is 17.0 Å². The first kappa shape index (κ1) is 16.6. The largest absolute Gasteiger partial charge is 0.444 e. The Labute approximate surface area is 143 Å². The van der Waals surface area contributed by atoms with E-state index in [-0.39, 0.29) is 12.1 Å². The Morgan fingerprint density at radius 3 is 2.75 bits per heavy atom. The summed E-state index contributed by atoms with van der Waals surface area (Å²) in [5.74, 6) is 0.935. The summed E-state index contributed by atoms with van der Waals surface area (Å²) in [6.07, 6.45) is 0.689. The number of anilines is 1. The van der Waals surface area contributed by atoms with E-state index < -0.39 is 5.60 Å². The lowest BCUT2D eigenvalue weighted by Gasteiger charge is -2.27. The average molecular weight is 327 g/mol. The van der Waals surface area contributed by atoms with Gasteiger partial charge in [0.25, 0.3) is 0 Å². The minimum absolute atomic E-state index is 0.232. The summed E-state index contributed by atoms with van der Waals surface area (Å²) in [6, 6.07) is 12.5. The van der Waals surface area contributed by atoms with Gasteiger partial charge in [-0.15, -0.1) is 0 Å². The molecule has 128 valence electrons. The highest BCUT2D eigenvalue weighted by molar-refractivity contribution is 5.80. The van der Waals surface area contributed by atoms with E-state index in [0.29, 0.717) is 6.54 Å². The minimum Gasteiger partial charge on any atom is -0.444 e. The van der Waals surface area contributed by atoms with Gasteiger partial charge in [-0.05, 0) is 45.4 Å². The predicted molar refractivity (Wildman–Crippen MR) is 96.4 cm³/mol. The van der Waals surface area contributed by atoms with Gasteiger partial charge in [0.2, 0.25) is 0 Å². The first-order valence-electron chi connectivity index (χ1n) is 8.40.